The lowest BCUT2D eigenvalue weighted by molar-refractivity contribution is 0.0571. The Morgan fingerprint density at radius 2 is 2.17 bits per heavy atom. The van der Waals surface area contributed by atoms with E-state index in [4.69, 9.17) is 23.2 Å². The minimum atomic E-state index is -0.802. The zero-order valence-corrected chi connectivity index (χ0v) is 13.4. The van der Waals surface area contributed by atoms with E-state index in [9.17, 15) is 9.90 Å². The second-order valence-electron chi connectivity index (χ2n) is 4.72. The van der Waals surface area contributed by atoms with Gasteiger partial charge in [0.15, 0.2) is 0 Å². The molecule has 3 nitrogen and oxygen atoms in total. The topological polar surface area (TPSA) is 40.5 Å². The number of halogens is 3. The smallest absolute Gasteiger partial charge is 0.255 e. The number of carbonyl (C=O) groups excluding carboxylic acids is 1. The van der Waals surface area contributed by atoms with Crippen LogP contribution in [0, 0.1) is 3.57 Å². The SMILES string of the molecule is CC1(O)CCN(C(=O)c2cc(Cl)cc(Cl)c2I)C1. The van der Waals surface area contributed by atoms with Crippen LogP contribution in [-0.2, 0) is 0 Å². The van der Waals surface area contributed by atoms with Gasteiger partial charge in [-0.05, 0) is 48.1 Å². The predicted molar refractivity (Wildman–Crippen MR) is 80.3 cm³/mol. The molecule has 98 valence electrons. The van der Waals surface area contributed by atoms with Crippen molar-refractivity contribution < 1.29 is 9.90 Å². The molecular formula is C12H12Cl2INO2. The van der Waals surface area contributed by atoms with E-state index >= 15 is 0 Å². The maximum Gasteiger partial charge on any atom is 0.255 e. The Kier molecular flexibility index (Phi) is 4.11. The molecule has 1 fully saturated rings. The van der Waals surface area contributed by atoms with E-state index in [1.807, 2.05) is 22.6 Å². The molecule has 1 aromatic carbocycles. The Labute approximate surface area is 129 Å². The Bertz CT molecular complexity index is 505. The molecule has 1 aliphatic heterocycles. The summed E-state index contributed by atoms with van der Waals surface area (Å²) in [6.07, 6.45) is 0.587. The lowest BCUT2D eigenvalue weighted by Gasteiger charge is -2.20. The van der Waals surface area contributed by atoms with Crippen LogP contribution in [0.25, 0.3) is 0 Å². The monoisotopic (exact) mass is 399 g/mol. The van der Waals surface area contributed by atoms with E-state index in [1.54, 1.807) is 24.0 Å². The molecule has 1 aliphatic rings. The van der Waals surface area contributed by atoms with Crippen molar-refractivity contribution in [3.05, 3.63) is 31.3 Å². The number of β-amino-alcohol motifs (C(OH)–C–C–N with tert-alkyl or cyclic N) is 1. The fraction of sp³-hybridized carbons (Fsp3) is 0.417. The van der Waals surface area contributed by atoms with E-state index in [1.165, 1.54) is 0 Å². The average molecular weight is 400 g/mol. The van der Waals surface area contributed by atoms with Crippen molar-refractivity contribution in [2.75, 3.05) is 13.1 Å². The molecule has 0 aromatic heterocycles. The quantitative estimate of drug-likeness (QED) is 0.582. The van der Waals surface area contributed by atoms with Crippen molar-refractivity contribution in [1.29, 1.82) is 0 Å². The summed E-state index contributed by atoms with van der Waals surface area (Å²) in [4.78, 5) is 14.0. The maximum absolute atomic E-state index is 12.4. The number of hydrogen-bond donors (Lipinski definition) is 1. The van der Waals surface area contributed by atoms with Crippen molar-refractivity contribution in [1.82, 2.24) is 4.90 Å². The summed E-state index contributed by atoms with van der Waals surface area (Å²) in [6.45, 7) is 2.62. The number of benzene rings is 1. The van der Waals surface area contributed by atoms with Gasteiger partial charge in [-0.15, -0.1) is 0 Å². The summed E-state index contributed by atoms with van der Waals surface area (Å²) < 4.78 is 0.690. The first-order valence-electron chi connectivity index (χ1n) is 5.46. The standard InChI is InChI=1S/C12H12Cl2INO2/c1-12(18)2-3-16(6-12)11(17)8-4-7(13)5-9(14)10(8)15/h4-5,18H,2-3,6H2,1H3. The number of nitrogens with zero attached hydrogens (tertiary/aromatic N) is 1. The molecule has 1 unspecified atom stereocenters. The van der Waals surface area contributed by atoms with E-state index in [0.717, 1.165) is 0 Å². The lowest BCUT2D eigenvalue weighted by atomic mass is 10.1. The highest BCUT2D eigenvalue weighted by atomic mass is 127. The molecule has 2 rings (SSSR count). The maximum atomic E-state index is 12.4. The first kappa shape index (κ1) is 14.4. The highest BCUT2D eigenvalue weighted by molar-refractivity contribution is 14.1. The molecule has 1 N–H and O–H groups in total. The summed E-state index contributed by atoms with van der Waals surface area (Å²) in [5, 5.41) is 10.8. The van der Waals surface area contributed by atoms with Crippen LogP contribution in [0.4, 0.5) is 0 Å². The molecule has 0 spiro atoms. The molecule has 0 saturated carbocycles. The van der Waals surface area contributed by atoms with Gasteiger partial charge in [-0.25, -0.2) is 0 Å². The zero-order valence-electron chi connectivity index (χ0n) is 9.71. The van der Waals surface area contributed by atoms with Crippen molar-refractivity contribution in [3.8, 4) is 0 Å². The third-order valence-electron chi connectivity index (χ3n) is 2.96. The van der Waals surface area contributed by atoms with Crippen LogP contribution in [0.5, 0.6) is 0 Å². The van der Waals surface area contributed by atoms with Gasteiger partial charge in [0.05, 0.1) is 16.2 Å². The molecule has 18 heavy (non-hydrogen) atoms. The number of amides is 1. The van der Waals surface area contributed by atoms with Crippen molar-refractivity contribution in [2.24, 2.45) is 0 Å². The minimum absolute atomic E-state index is 0.137. The second-order valence-corrected chi connectivity index (χ2v) is 6.65. The zero-order chi connectivity index (χ0) is 13.5. The van der Waals surface area contributed by atoms with Crippen molar-refractivity contribution >= 4 is 51.7 Å². The lowest BCUT2D eigenvalue weighted by Crippen LogP contribution is -2.34. The fourth-order valence-corrected chi connectivity index (χ4v) is 3.04. The van der Waals surface area contributed by atoms with Gasteiger partial charge in [-0.3, -0.25) is 4.79 Å². The van der Waals surface area contributed by atoms with E-state index in [-0.39, 0.29) is 5.91 Å². The highest BCUT2D eigenvalue weighted by Gasteiger charge is 2.35. The molecule has 1 amide bonds. The second kappa shape index (κ2) is 5.15. The van der Waals surface area contributed by atoms with E-state index in [2.05, 4.69) is 0 Å². The molecule has 6 heteroatoms. The Morgan fingerprint density at radius 3 is 2.72 bits per heavy atom. The molecular weight excluding hydrogens is 388 g/mol. The first-order chi connectivity index (χ1) is 8.30. The molecule has 0 bridgehead atoms. The van der Waals surface area contributed by atoms with Gasteiger partial charge in [0.2, 0.25) is 0 Å². The van der Waals surface area contributed by atoms with Crippen LogP contribution >= 0.6 is 45.8 Å². The Hall–Kier alpha value is -0.0400. The van der Waals surface area contributed by atoms with Gasteiger partial charge in [-0.1, -0.05) is 23.2 Å². The Morgan fingerprint density at radius 1 is 1.50 bits per heavy atom. The molecule has 0 aliphatic carbocycles. The molecule has 1 atom stereocenters. The van der Waals surface area contributed by atoms with Gasteiger partial charge in [0.25, 0.3) is 5.91 Å². The van der Waals surface area contributed by atoms with Gasteiger partial charge in [0, 0.05) is 21.7 Å². The summed E-state index contributed by atoms with van der Waals surface area (Å²) in [5.74, 6) is -0.137. The molecule has 1 aromatic rings. The van der Waals surface area contributed by atoms with Crippen molar-refractivity contribution in [2.45, 2.75) is 18.9 Å². The minimum Gasteiger partial charge on any atom is -0.388 e. The summed E-state index contributed by atoms with van der Waals surface area (Å²) >= 11 is 14.0. The molecule has 0 radical (unpaired) electrons. The highest BCUT2D eigenvalue weighted by Crippen LogP contribution is 2.29. The largest absolute Gasteiger partial charge is 0.388 e. The molecule has 1 saturated heterocycles. The third-order valence-corrected chi connectivity index (χ3v) is 4.96. The number of aliphatic hydroxyl groups is 1. The van der Waals surface area contributed by atoms with Crippen LogP contribution in [0.15, 0.2) is 12.1 Å². The fourth-order valence-electron chi connectivity index (χ4n) is 2.00. The predicted octanol–water partition coefficient (Wildman–Crippen LogP) is 3.19. The van der Waals surface area contributed by atoms with Crippen LogP contribution in [0.1, 0.15) is 23.7 Å². The summed E-state index contributed by atoms with van der Waals surface area (Å²) in [5.41, 5.74) is -0.311. The Balaban J connectivity index is 2.30. The average Bonchev–Trinajstić information content (AvgIpc) is 2.63. The first-order valence-corrected chi connectivity index (χ1v) is 7.30. The van der Waals surface area contributed by atoms with Gasteiger partial charge < -0.3 is 10.0 Å². The number of hydrogen-bond acceptors (Lipinski definition) is 2. The van der Waals surface area contributed by atoms with E-state index in [0.29, 0.717) is 38.7 Å². The normalized spacial score (nSPS) is 23.5. The van der Waals surface area contributed by atoms with Crippen LogP contribution in [0.3, 0.4) is 0 Å². The van der Waals surface area contributed by atoms with Crippen molar-refractivity contribution in [3.63, 3.8) is 0 Å². The van der Waals surface area contributed by atoms with Gasteiger partial charge in [-0.2, -0.15) is 0 Å². The molecule has 1 heterocycles. The van der Waals surface area contributed by atoms with Gasteiger partial charge in [0.1, 0.15) is 0 Å². The van der Waals surface area contributed by atoms with Crippen LogP contribution in [-0.4, -0.2) is 34.6 Å². The van der Waals surface area contributed by atoms with Gasteiger partial charge >= 0.3 is 0 Å². The van der Waals surface area contributed by atoms with E-state index < -0.39 is 5.60 Å². The number of likely N-dealkylation sites (tertiary alicyclic amines) is 1. The van der Waals surface area contributed by atoms with Crippen LogP contribution in [0.2, 0.25) is 10.0 Å². The third kappa shape index (κ3) is 2.92. The van der Waals surface area contributed by atoms with Crippen LogP contribution < -0.4 is 0 Å². The number of rotatable bonds is 1. The summed E-state index contributed by atoms with van der Waals surface area (Å²) in [7, 11) is 0. The summed E-state index contributed by atoms with van der Waals surface area (Å²) in [6, 6.07) is 3.23. The number of carbonyl (C=O) groups is 1.